The van der Waals surface area contributed by atoms with E-state index in [0.717, 1.165) is 11.3 Å². The second-order valence-electron chi connectivity index (χ2n) is 6.18. The van der Waals surface area contributed by atoms with Crippen molar-refractivity contribution in [2.45, 2.75) is 30.3 Å². The van der Waals surface area contributed by atoms with Crippen LogP contribution < -0.4 is 15.7 Å². The summed E-state index contributed by atoms with van der Waals surface area (Å²) >= 11 is 1.25. The first-order valence-electron chi connectivity index (χ1n) is 8.87. The lowest BCUT2D eigenvalue weighted by Gasteiger charge is -2.12. The topological polar surface area (TPSA) is 89.0 Å². The van der Waals surface area contributed by atoms with Crippen molar-refractivity contribution in [2.24, 2.45) is 0 Å². The number of aromatic nitrogens is 3. The lowest BCUT2D eigenvalue weighted by Crippen LogP contribution is -2.24. The van der Waals surface area contributed by atoms with Crippen molar-refractivity contribution >= 4 is 23.4 Å². The number of rotatable bonds is 8. The van der Waals surface area contributed by atoms with E-state index in [0.29, 0.717) is 23.8 Å². The Hall–Kier alpha value is -3.00. The maximum absolute atomic E-state index is 12.5. The molecule has 2 aromatic carbocycles. The zero-order chi connectivity index (χ0) is 19.9. The van der Waals surface area contributed by atoms with Gasteiger partial charge in [-0.15, -0.1) is 5.10 Å². The quantitative estimate of drug-likeness (QED) is 0.570. The predicted octanol–water partition coefficient (Wildman–Crippen LogP) is 2.94. The van der Waals surface area contributed by atoms with Crippen molar-refractivity contribution in [3.05, 3.63) is 70.6 Å². The van der Waals surface area contributed by atoms with E-state index in [1.54, 1.807) is 42.9 Å². The third kappa shape index (κ3) is 5.04. The number of carbonyl (C=O) groups excluding carboxylic acids is 1. The Balaban J connectivity index is 1.62. The van der Waals surface area contributed by atoms with E-state index >= 15 is 0 Å². The van der Waals surface area contributed by atoms with Gasteiger partial charge in [0.15, 0.2) is 5.16 Å². The smallest absolute Gasteiger partial charge is 0.343 e. The van der Waals surface area contributed by atoms with Gasteiger partial charge in [0, 0.05) is 12.2 Å². The number of nitrogens with one attached hydrogen (secondary N) is 2. The number of H-pyrrole nitrogens is 1. The van der Waals surface area contributed by atoms with Crippen LogP contribution in [0.5, 0.6) is 5.75 Å². The normalized spacial score (nSPS) is 11.8. The summed E-state index contributed by atoms with van der Waals surface area (Å²) in [5.74, 6) is 0.555. The largest absolute Gasteiger partial charge is 0.497 e. The minimum atomic E-state index is -0.423. The van der Waals surface area contributed by atoms with Crippen LogP contribution >= 0.6 is 11.8 Å². The highest BCUT2D eigenvalue weighted by atomic mass is 32.2. The minimum Gasteiger partial charge on any atom is -0.497 e. The summed E-state index contributed by atoms with van der Waals surface area (Å²) in [6.07, 6.45) is 0.709. The SMILES string of the molecule is COc1ccc(NC(=O)C(C)Sc2n[nH]c(=O)n2CCc2ccccc2)cc1. The maximum Gasteiger partial charge on any atom is 0.343 e. The number of aryl methyl sites for hydroxylation is 1. The summed E-state index contributed by atoms with van der Waals surface area (Å²) in [5, 5.41) is 9.47. The first-order valence-corrected chi connectivity index (χ1v) is 9.75. The van der Waals surface area contributed by atoms with Gasteiger partial charge in [-0.3, -0.25) is 9.36 Å². The van der Waals surface area contributed by atoms with Gasteiger partial charge in [0.1, 0.15) is 5.75 Å². The number of nitrogens with zero attached hydrogens (tertiary/aromatic N) is 2. The van der Waals surface area contributed by atoms with Crippen LogP contribution in [0.4, 0.5) is 5.69 Å². The van der Waals surface area contributed by atoms with E-state index in [9.17, 15) is 9.59 Å². The number of methoxy groups -OCH3 is 1. The molecule has 0 radical (unpaired) electrons. The Labute approximate surface area is 167 Å². The number of benzene rings is 2. The molecule has 0 aliphatic heterocycles. The van der Waals surface area contributed by atoms with Gasteiger partial charge < -0.3 is 10.1 Å². The Morgan fingerprint density at radius 1 is 1.21 bits per heavy atom. The molecular formula is C20H22N4O3S. The Bertz CT molecular complexity index is 967. The van der Waals surface area contributed by atoms with Crippen LogP contribution in [0.15, 0.2) is 64.5 Å². The summed E-state index contributed by atoms with van der Waals surface area (Å²) in [4.78, 5) is 24.6. The summed E-state index contributed by atoms with van der Waals surface area (Å²) in [6, 6.07) is 17.0. The van der Waals surface area contributed by atoms with Gasteiger partial charge in [-0.1, -0.05) is 42.1 Å². The van der Waals surface area contributed by atoms with Gasteiger partial charge in [0.05, 0.1) is 12.4 Å². The van der Waals surface area contributed by atoms with E-state index in [1.807, 2.05) is 30.3 Å². The number of hydrogen-bond donors (Lipinski definition) is 2. The summed E-state index contributed by atoms with van der Waals surface area (Å²) in [6.45, 7) is 2.28. The number of thioether (sulfide) groups is 1. The lowest BCUT2D eigenvalue weighted by atomic mass is 10.1. The van der Waals surface area contributed by atoms with Gasteiger partial charge in [0.2, 0.25) is 5.91 Å². The van der Waals surface area contributed by atoms with Gasteiger partial charge in [-0.05, 0) is 43.2 Å². The summed E-state index contributed by atoms with van der Waals surface area (Å²) < 4.78 is 6.67. The van der Waals surface area contributed by atoms with Gasteiger partial charge in [-0.2, -0.15) is 0 Å². The van der Waals surface area contributed by atoms with Crippen LogP contribution in [0, 0.1) is 0 Å². The third-order valence-electron chi connectivity index (χ3n) is 4.20. The van der Waals surface area contributed by atoms with Gasteiger partial charge in [-0.25, -0.2) is 9.89 Å². The number of anilines is 1. The highest BCUT2D eigenvalue weighted by molar-refractivity contribution is 8.00. The van der Waals surface area contributed by atoms with Crippen molar-refractivity contribution in [3.8, 4) is 5.75 Å². The third-order valence-corrected chi connectivity index (χ3v) is 5.29. The fourth-order valence-corrected chi connectivity index (χ4v) is 3.49. The molecule has 0 fully saturated rings. The Morgan fingerprint density at radius 2 is 1.93 bits per heavy atom. The van der Waals surface area contributed by atoms with E-state index in [1.165, 1.54) is 11.8 Å². The monoisotopic (exact) mass is 398 g/mol. The minimum absolute atomic E-state index is 0.166. The van der Waals surface area contributed by atoms with Crippen molar-refractivity contribution in [1.29, 1.82) is 0 Å². The maximum atomic E-state index is 12.5. The molecule has 7 nitrogen and oxygen atoms in total. The molecule has 2 N–H and O–H groups in total. The molecule has 1 atom stereocenters. The molecule has 0 saturated heterocycles. The molecule has 0 bridgehead atoms. The standard InChI is InChI=1S/C20H22N4O3S/c1-14(18(25)21-16-8-10-17(27-2)11-9-16)28-20-23-22-19(26)24(20)13-12-15-6-4-3-5-7-15/h3-11,14H,12-13H2,1-2H3,(H,21,25)(H,22,26). The number of hydrogen-bond acceptors (Lipinski definition) is 5. The zero-order valence-electron chi connectivity index (χ0n) is 15.7. The van der Waals surface area contributed by atoms with Gasteiger partial charge in [0.25, 0.3) is 0 Å². The summed E-state index contributed by atoms with van der Waals surface area (Å²) in [7, 11) is 1.59. The molecule has 1 heterocycles. The highest BCUT2D eigenvalue weighted by Crippen LogP contribution is 2.22. The summed E-state index contributed by atoms with van der Waals surface area (Å²) in [5.41, 5.74) is 1.54. The first-order chi connectivity index (χ1) is 13.6. The van der Waals surface area contributed by atoms with E-state index in [4.69, 9.17) is 4.74 Å². The molecule has 3 aromatic rings. The molecule has 1 amide bonds. The molecular weight excluding hydrogens is 376 g/mol. The molecule has 1 aromatic heterocycles. The number of amides is 1. The van der Waals surface area contributed by atoms with Crippen LogP contribution in [0.3, 0.4) is 0 Å². The average Bonchev–Trinajstić information content (AvgIpc) is 3.07. The predicted molar refractivity (Wildman–Crippen MR) is 110 cm³/mol. The molecule has 8 heteroatoms. The molecule has 0 aliphatic carbocycles. The second kappa shape index (κ2) is 9.27. The number of carbonyl (C=O) groups is 1. The van der Waals surface area contributed by atoms with Crippen LogP contribution in [0.1, 0.15) is 12.5 Å². The van der Waals surface area contributed by atoms with Crippen LogP contribution in [-0.2, 0) is 17.8 Å². The van der Waals surface area contributed by atoms with Gasteiger partial charge >= 0.3 is 5.69 Å². The highest BCUT2D eigenvalue weighted by Gasteiger charge is 2.19. The average molecular weight is 398 g/mol. The number of ether oxygens (including phenoxy) is 1. The first kappa shape index (κ1) is 19.8. The lowest BCUT2D eigenvalue weighted by molar-refractivity contribution is -0.115. The Kier molecular flexibility index (Phi) is 6.54. The number of aromatic amines is 1. The molecule has 0 aliphatic rings. The van der Waals surface area contributed by atoms with Crippen molar-refractivity contribution < 1.29 is 9.53 Å². The van der Waals surface area contributed by atoms with Crippen LogP contribution in [-0.4, -0.2) is 33.0 Å². The Morgan fingerprint density at radius 3 is 2.61 bits per heavy atom. The van der Waals surface area contributed by atoms with Crippen molar-refractivity contribution in [2.75, 3.05) is 12.4 Å². The molecule has 0 saturated carbocycles. The second-order valence-corrected chi connectivity index (χ2v) is 7.48. The fourth-order valence-electron chi connectivity index (χ4n) is 2.61. The molecule has 28 heavy (non-hydrogen) atoms. The van der Waals surface area contributed by atoms with Crippen molar-refractivity contribution in [3.63, 3.8) is 0 Å². The fraction of sp³-hybridized carbons (Fsp3) is 0.250. The van der Waals surface area contributed by atoms with E-state index in [-0.39, 0.29) is 11.6 Å². The zero-order valence-corrected chi connectivity index (χ0v) is 16.5. The van der Waals surface area contributed by atoms with E-state index in [2.05, 4.69) is 15.5 Å². The molecule has 0 spiro atoms. The molecule has 1 unspecified atom stereocenters. The van der Waals surface area contributed by atoms with E-state index < -0.39 is 5.25 Å². The van der Waals surface area contributed by atoms with Crippen LogP contribution in [0.25, 0.3) is 0 Å². The molecule has 3 rings (SSSR count). The van der Waals surface area contributed by atoms with Crippen LogP contribution in [0.2, 0.25) is 0 Å². The molecule has 146 valence electrons. The van der Waals surface area contributed by atoms with Crippen molar-refractivity contribution in [1.82, 2.24) is 14.8 Å².